The Morgan fingerprint density at radius 2 is 1.30 bits per heavy atom. The zero-order valence-electron chi connectivity index (χ0n) is 34.3. The van der Waals surface area contributed by atoms with Gasteiger partial charge in [0, 0.05) is 85.8 Å². The second kappa shape index (κ2) is 17.8. The number of nitrogens with one attached hydrogen (secondary N) is 2. The van der Waals surface area contributed by atoms with Crippen LogP contribution in [0, 0.1) is 0 Å². The molecule has 0 spiro atoms. The second-order valence-corrected chi connectivity index (χ2v) is 15.2. The number of quaternary nitrogens is 2. The lowest BCUT2D eigenvalue weighted by Crippen LogP contribution is -3.11. The van der Waals surface area contributed by atoms with Crippen LogP contribution < -0.4 is 27.0 Å². The number of phenolic OH excluding ortho intramolecular Hbond substituents is 1. The van der Waals surface area contributed by atoms with E-state index in [-0.39, 0.29) is 23.9 Å². The minimum Gasteiger partial charge on any atom is -0.506 e. The Balaban J connectivity index is 0.879. The van der Waals surface area contributed by atoms with Crippen LogP contribution in [0.2, 0.25) is 0 Å². The maximum absolute atomic E-state index is 13.4. The third kappa shape index (κ3) is 8.64. The molecule has 16 nitrogen and oxygen atoms in total. The molecule has 60 heavy (non-hydrogen) atoms. The number of amides is 2. The maximum atomic E-state index is 13.4. The number of nitrogens with zero attached hydrogens (tertiary/aromatic N) is 8. The Hall–Kier alpha value is -7.17. The van der Waals surface area contributed by atoms with E-state index < -0.39 is 0 Å². The summed E-state index contributed by atoms with van der Waals surface area (Å²) >= 11 is 0. The van der Waals surface area contributed by atoms with Gasteiger partial charge in [0.25, 0.3) is 18.1 Å². The number of carbonyl (C=O) groups excluding carboxylic acids is 2. The second-order valence-electron chi connectivity index (χ2n) is 15.2. The molecule has 0 bridgehead atoms. The largest absolute Gasteiger partial charge is 0.524 e. The van der Waals surface area contributed by atoms with Crippen molar-refractivity contribution in [3.05, 3.63) is 121 Å². The van der Waals surface area contributed by atoms with E-state index in [9.17, 15) is 14.7 Å². The first-order valence-corrected chi connectivity index (χ1v) is 19.8. The first-order valence-electron chi connectivity index (χ1n) is 19.8. The quantitative estimate of drug-likeness (QED) is 0.0448. The smallest absolute Gasteiger partial charge is 0.506 e. The summed E-state index contributed by atoms with van der Waals surface area (Å²) in [7, 11) is 7.42. The number of anilines is 3. The lowest BCUT2D eigenvalue weighted by atomic mass is 10.1. The number of aromatic hydroxyl groups is 1. The molecule has 16 heteroatoms. The number of rotatable bonds is 13. The summed E-state index contributed by atoms with van der Waals surface area (Å²) in [6.45, 7) is 2.46. The fourth-order valence-electron chi connectivity index (χ4n) is 7.49. The van der Waals surface area contributed by atoms with E-state index in [1.807, 2.05) is 96.9 Å². The number of nitrogen functional groups attached to an aromatic ring is 3. The molecule has 3 unspecified atom stereocenters. The van der Waals surface area contributed by atoms with E-state index in [2.05, 4.69) is 20.5 Å². The molecule has 2 amide bonds. The Bertz CT molecular complexity index is 2580. The number of azo groups is 2. The first kappa shape index (κ1) is 41.0. The number of nitrogens with two attached hydrogens (primary N) is 3. The van der Waals surface area contributed by atoms with Crippen molar-refractivity contribution in [1.82, 2.24) is 14.7 Å². The number of fused-ring (bicyclic) bond motifs is 2. The fourth-order valence-corrected chi connectivity index (χ4v) is 7.49. The van der Waals surface area contributed by atoms with Gasteiger partial charge in [-0.2, -0.15) is 9.48 Å². The zero-order valence-corrected chi connectivity index (χ0v) is 34.3. The molecule has 5 aromatic carbocycles. The van der Waals surface area contributed by atoms with E-state index >= 15 is 0 Å². The minimum absolute atomic E-state index is 0.0339. The highest BCUT2D eigenvalue weighted by atomic mass is 16.3. The lowest BCUT2D eigenvalue weighted by molar-refractivity contribution is -0.877. The average molecular weight is 811 g/mol. The summed E-state index contributed by atoms with van der Waals surface area (Å²) in [6.07, 6.45) is 9.09. The van der Waals surface area contributed by atoms with Gasteiger partial charge in [-0.25, -0.2) is 0 Å². The van der Waals surface area contributed by atoms with Gasteiger partial charge >= 0.3 is 5.96 Å². The predicted octanol–water partition coefficient (Wildman–Crippen LogP) is 3.89. The van der Waals surface area contributed by atoms with Crippen molar-refractivity contribution in [2.45, 2.75) is 19.1 Å². The normalized spacial score (nSPS) is 17.6. The van der Waals surface area contributed by atoms with Crippen LogP contribution in [0.3, 0.4) is 0 Å². The van der Waals surface area contributed by atoms with Gasteiger partial charge in [-0.05, 0) is 35.4 Å². The molecule has 2 aliphatic heterocycles. The summed E-state index contributed by atoms with van der Waals surface area (Å²) < 4.78 is 1.92. The van der Waals surface area contributed by atoms with E-state index in [1.54, 1.807) is 54.2 Å². The average Bonchev–Trinajstić information content (AvgIpc) is 3.80. The third-order valence-electron chi connectivity index (χ3n) is 11.0. The number of carbonyl (C=O) groups is 2. The predicted molar refractivity (Wildman–Crippen MR) is 234 cm³/mol. The molecule has 2 heterocycles. The molecular weight excluding hydrogens is 759 g/mol. The van der Waals surface area contributed by atoms with Gasteiger partial charge in [-0.1, -0.05) is 48.5 Å². The number of hydrogen-bond donors (Lipinski definition) is 6. The van der Waals surface area contributed by atoms with Crippen LogP contribution in [0.4, 0.5) is 28.4 Å². The molecule has 7 rings (SSSR count). The summed E-state index contributed by atoms with van der Waals surface area (Å²) in [6, 6.07) is 25.3. The summed E-state index contributed by atoms with van der Waals surface area (Å²) in [5.74, 6) is 0.450. The SMILES string of the molecule is CN(CCC[NH+]1C=C[N+](C)=C1N=Nc1cc(N)c(N)c2ccccc12)C(=O)c1ccc(C(=O)N(C)CCC[NH+]2C=CN(C)C2N=Nc2cc(O)c(N)c3ccccc23)cc1. The highest BCUT2D eigenvalue weighted by Gasteiger charge is 2.31. The van der Waals surface area contributed by atoms with Gasteiger partial charge in [0.1, 0.15) is 35.2 Å². The van der Waals surface area contributed by atoms with Gasteiger partial charge in [-0.15, -0.1) is 10.2 Å². The van der Waals surface area contributed by atoms with E-state index in [0.29, 0.717) is 72.2 Å². The Kier molecular flexibility index (Phi) is 12.1. The standard InChI is InChI=1S/C44H49N13O3/c1-52(19-9-21-56-25-23-54(3)43(56)50-48-36-27-35(45)39(46)33-13-7-5-11-31(33)36)41(59)29-15-17-30(18-16-29)42(60)53(2)20-10-22-57-26-24-55(4)44(57)51-49-37-28-38(58)40(47)34-14-8-6-12-32(34)37/h5-8,11-18,23-28,44H,9-10,19-22H2,1-4H3,(H6,45,46,47,48,49,51,58,59,60)/p+3. The molecule has 3 atom stereocenters. The molecule has 9 N–H and O–H groups in total. The van der Waals surface area contributed by atoms with Crippen molar-refractivity contribution < 1.29 is 29.1 Å². The van der Waals surface area contributed by atoms with Crippen LogP contribution in [0.5, 0.6) is 5.75 Å². The molecule has 0 aliphatic carbocycles. The van der Waals surface area contributed by atoms with Crippen LogP contribution in [-0.2, 0) is 0 Å². The molecule has 0 saturated heterocycles. The molecule has 0 saturated carbocycles. The van der Waals surface area contributed by atoms with Gasteiger partial charge < -0.3 is 37.0 Å². The van der Waals surface area contributed by atoms with Gasteiger partial charge in [0.2, 0.25) is 0 Å². The minimum atomic E-state index is -0.303. The van der Waals surface area contributed by atoms with Crippen molar-refractivity contribution in [2.75, 3.05) is 71.6 Å². The summed E-state index contributed by atoms with van der Waals surface area (Å²) in [4.78, 5) is 34.2. The number of hydrogen-bond acceptors (Lipinski definition) is 11. The van der Waals surface area contributed by atoms with E-state index in [1.165, 1.54) is 6.07 Å². The molecular formula is C44H52N13O3+3. The molecule has 2 aliphatic rings. The Morgan fingerprint density at radius 3 is 1.92 bits per heavy atom. The summed E-state index contributed by atoms with van der Waals surface area (Å²) in [5, 5.41) is 31.9. The molecule has 308 valence electrons. The van der Waals surface area contributed by atoms with Crippen molar-refractivity contribution in [3.8, 4) is 5.75 Å². The molecule has 0 aromatic heterocycles. The van der Waals surface area contributed by atoms with Crippen LogP contribution in [0.25, 0.3) is 21.5 Å². The van der Waals surface area contributed by atoms with E-state index in [0.717, 1.165) is 43.7 Å². The van der Waals surface area contributed by atoms with Crippen molar-refractivity contribution >= 4 is 67.8 Å². The lowest BCUT2D eigenvalue weighted by Gasteiger charge is -2.22. The third-order valence-corrected chi connectivity index (χ3v) is 11.0. The monoisotopic (exact) mass is 810 g/mol. The number of benzene rings is 5. The van der Waals surface area contributed by atoms with Gasteiger partial charge in [0.05, 0.1) is 49.1 Å². The number of phenols is 1. The van der Waals surface area contributed by atoms with Crippen molar-refractivity contribution in [1.29, 1.82) is 0 Å². The highest BCUT2D eigenvalue weighted by Crippen LogP contribution is 2.38. The van der Waals surface area contributed by atoms with Crippen molar-refractivity contribution in [2.24, 2.45) is 20.5 Å². The number of guanidine groups is 1. The van der Waals surface area contributed by atoms with Crippen LogP contribution in [0.1, 0.15) is 33.6 Å². The van der Waals surface area contributed by atoms with Crippen LogP contribution >= 0.6 is 0 Å². The maximum Gasteiger partial charge on any atom is 0.524 e. The highest BCUT2D eigenvalue weighted by molar-refractivity contribution is 6.05. The van der Waals surface area contributed by atoms with Crippen LogP contribution in [-0.4, -0.2) is 103 Å². The topological polar surface area (TPSA) is 203 Å². The summed E-state index contributed by atoms with van der Waals surface area (Å²) in [5.41, 5.74) is 21.9. The Morgan fingerprint density at radius 1 is 0.750 bits per heavy atom. The first-order chi connectivity index (χ1) is 28.9. The van der Waals surface area contributed by atoms with E-state index in [4.69, 9.17) is 17.2 Å². The fraction of sp³-hybridized carbons (Fsp3) is 0.250. The van der Waals surface area contributed by atoms with Gasteiger partial charge in [-0.3, -0.25) is 14.5 Å². The zero-order chi connectivity index (χ0) is 42.5. The Labute approximate surface area is 348 Å². The van der Waals surface area contributed by atoms with Crippen LogP contribution in [0.15, 0.2) is 130 Å². The molecule has 0 radical (unpaired) electrons. The van der Waals surface area contributed by atoms with Crippen molar-refractivity contribution in [3.63, 3.8) is 0 Å². The molecule has 0 fully saturated rings. The molecule has 5 aromatic rings. The van der Waals surface area contributed by atoms with Gasteiger partial charge in [0.15, 0.2) is 0 Å².